The maximum Gasteiger partial charge on any atom is 0.294 e. The van der Waals surface area contributed by atoms with E-state index in [0.717, 1.165) is 11.6 Å². The fourth-order valence-electron chi connectivity index (χ4n) is 3.11. The first kappa shape index (κ1) is 27.0. The first-order valence-corrected chi connectivity index (χ1v) is 12.0. The lowest BCUT2D eigenvalue weighted by Gasteiger charge is -2.15. The van der Waals surface area contributed by atoms with Gasteiger partial charge >= 0.3 is 0 Å². The standard InChI is InChI=1S/C25H18BrCl2N3O5/c1-2-35-23-11-15(10-19(26)24(23)36-14-16-5-3-4-6-20(16)28)9-17(13-29)25(32)30-21-8-7-18(27)12-22(21)31(33)34/h3-12H,2,14H2,1H3,(H,30,32). The monoisotopic (exact) mass is 589 g/mol. The molecule has 0 atom stereocenters. The van der Waals surface area contributed by atoms with E-state index in [-0.39, 0.29) is 22.9 Å². The molecule has 0 unspecified atom stereocenters. The second kappa shape index (κ2) is 12.4. The van der Waals surface area contributed by atoms with Gasteiger partial charge in [0.1, 0.15) is 23.9 Å². The Bertz CT molecular complexity index is 1390. The highest BCUT2D eigenvalue weighted by molar-refractivity contribution is 9.10. The molecule has 0 saturated carbocycles. The van der Waals surface area contributed by atoms with Crippen molar-refractivity contribution in [2.24, 2.45) is 0 Å². The molecule has 0 fully saturated rings. The number of nitrogens with zero attached hydrogens (tertiary/aromatic N) is 2. The SMILES string of the molecule is CCOc1cc(C=C(C#N)C(=O)Nc2ccc(Cl)cc2[N+](=O)[O-])cc(Br)c1OCc1ccccc1Cl. The maximum atomic E-state index is 12.7. The predicted octanol–water partition coefficient (Wildman–Crippen LogP) is 7.19. The molecule has 36 heavy (non-hydrogen) atoms. The number of nitro groups is 1. The van der Waals surface area contributed by atoms with E-state index in [4.69, 9.17) is 32.7 Å². The Morgan fingerprint density at radius 1 is 1.19 bits per heavy atom. The topological polar surface area (TPSA) is 114 Å². The lowest BCUT2D eigenvalue weighted by Crippen LogP contribution is -2.14. The summed E-state index contributed by atoms with van der Waals surface area (Å²) in [4.78, 5) is 23.3. The van der Waals surface area contributed by atoms with Crippen molar-refractivity contribution in [1.29, 1.82) is 5.26 Å². The molecule has 0 saturated heterocycles. The number of carbonyl (C=O) groups is 1. The van der Waals surface area contributed by atoms with Gasteiger partial charge in [-0.2, -0.15) is 5.26 Å². The van der Waals surface area contributed by atoms with E-state index < -0.39 is 16.5 Å². The molecule has 8 nitrogen and oxygen atoms in total. The molecule has 0 spiro atoms. The zero-order chi connectivity index (χ0) is 26.2. The normalized spacial score (nSPS) is 10.9. The van der Waals surface area contributed by atoms with Gasteiger partial charge in [0.2, 0.25) is 0 Å². The first-order chi connectivity index (χ1) is 17.2. The Balaban J connectivity index is 1.89. The number of hydrogen-bond acceptors (Lipinski definition) is 6. The molecule has 0 aromatic heterocycles. The quantitative estimate of drug-likeness (QED) is 0.122. The summed E-state index contributed by atoms with van der Waals surface area (Å²) < 4.78 is 12.2. The van der Waals surface area contributed by atoms with Crippen molar-refractivity contribution in [1.82, 2.24) is 0 Å². The van der Waals surface area contributed by atoms with Crippen molar-refractivity contribution >= 4 is 62.5 Å². The average molecular weight is 591 g/mol. The van der Waals surface area contributed by atoms with Crippen LogP contribution in [-0.4, -0.2) is 17.4 Å². The van der Waals surface area contributed by atoms with Crippen LogP contribution >= 0.6 is 39.1 Å². The van der Waals surface area contributed by atoms with Crippen molar-refractivity contribution in [3.8, 4) is 17.6 Å². The summed E-state index contributed by atoms with van der Waals surface area (Å²) in [5, 5.41) is 24.0. The predicted molar refractivity (Wildman–Crippen MR) is 141 cm³/mol. The third kappa shape index (κ3) is 6.76. The smallest absolute Gasteiger partial charge is 0.294 e. The van der Waals surface area contributed by atoms with Crippen molar-refractivity contribution in [2.75, 3.05) is 11.9 Å². The van der Waals surface area contributed by atoms with Gasteiger partial charge in [-0.15, -0.1) is 0 Å². The molecule has 0 aliphatic carbocycles. The number of hydrogen-bond donors (Lipinski definition) is 1. The number of amides is 1. The first-order valence-electron chi connectivity index (χ1n) is 10.4. The van der Waals surface area contributed by atoms with E-state index in [2.05, 4.69) is 21.2 Å². The molecular formula is C25H18BrCl2N3O5. The fraction of sp³-hybridized carbons (Fsp3) is 0.120. The second-order valence-corrected chi connectivity index (χ2v) is 8.88. The second-order valence-electron chi connectivity index (χ2n) is 7.19. The van der Waals surface area contributed by atoms with E-state index >= 15 is 0 Å². The average Bonchev–Trinajstić information content (AvgIpc) is 2.84. The molecule has 1 N–H and O–H groups in total. The van der Waals surface area contributed by atoms with Crippen LogP contribution in [0.2, 0.25) is 10.0 Å². The molecule has 184 valence electrons. The van der Waals surface area contributed by atoms with Gasteiger partial charge in [-0.3, -0.25) is 14.9 Å². The minimum absolute atomic E-state index is 0.0879. The summed E-state index contributed by atoms with van der Waals surface area (Å²) in [6.07, 6.45) is 1.34. The number of anilines is 1. The number of nitro benzene ring substituents is 1. The minimum atomic E-state index is -0.823. The molecule has 3 aromatic carbocycles. The molecule has 1 amide bonds. The van der Waals surface area contributed by atoms with Gasteiger partial charge in [0.15, 0.2) is 11.5 Å². The summed E-state index contributed by atoms with van der Waals surface area (Å²) in [6, 6.07) is 16.2. The summed E-state index contributed by atoms with van der Waals surface area (Å²) >= 11 is 15.5. The molecule has 0 bridgehead atoms. The lowest BCUT2D eigenvalue weighted by molar-refractivity contribution is -0.383. The largest absolute Gasteiger partial charge is 0.490 e. The van der Waals surface area contributed by atoms with Crippen LogP contribution < -0.4 is 14.8 Å². The summed E-state index contributed by atoms with van der Waals surface area (Å²) in [7, 11) is 0. The van der Waals surface area contributed by atoms with Crippen LogP contribution in [0.3, 0.4) is 0 Å². The van der Waals surface area contributed by atoms with Crippen molar-refractivity contribution in [3.05, 3.63) is 95.9 Å². The maximum absolute atomic E-state index is 12.7. The summed E-state index contributed by atoms with van der Waals surface area (Å²) in [5.41, 5.74) is 0.493. The molecule has 0 radical (unpaired) electrons. The van der Waals surface area contributed by atoms with E-state index in [1.165, 1.54) is 18.2 Å². The summed E-state index contributed by atoms with van der Waals surface area (Å²) in [5.74, 6) is -0.0130. The number of nitrogens with one attached hydrogen (secondary N) is 1. The van der Waals surface area contributed by atoms with Crippen LogP contribution in [0, 0.1) is 21.4 Å². The molecule has 3 rings (SSSR count). The van der Waals surface area contributed by atoms with E-state index in [1.54, 1.807) is 25.1 Å². The molecule has 3 aromatic rings. The van der Waals surface area contributed by atoms with Crippen LogP contribution in [0.1, 0.15) is 18.1 Å². The fourth-order valence-corrected chi connectivity index (χ4v) is 4.04. The Kier molecular flexibility index (Phi) is 9.31. The Hall–Kier alpha value is -3.58. The molecular weight excluding hydrogens is 573 g/mol. The molecule has 0 aliphatic rings. The van der Waals surface area contributed by atoms with Gasteiger partial charge in [-0.1, -0.05) is 41.4 Å². The van der Waals surface area contributed by atoms with Gasteiger partial charge in [0, 0.05) is 21.7 Å². The van der Waals surface area contributed by atoms with Gasteiger partial charge in [-0.25, -0.2) is 0 Å². The van der Waals surface area contributed by atoms with Crippen LogP contribution in [0.15, 0.2) is 64.6 Å². The van der Waals surface area contributed by atoms with E-state index in [0.29, 0.717) is 33.2 Å². The highest BCUT2D eigenvalue weighted by Gasteiger charge is 2.19. The Labute approximate surface area is 225 Å². The molecule has 11 heteroatoms. The summed E-state index contributed by atoms with van der Waals surface area (Å²) in [6.45, 7) is 2.34. The Morgan fingerprint density at radius 2 is 1.94 bits per heavy atom. The number of ether oxygens (including phenoxy) is 2. The van der Waals surface area contributed by atoms with E-state index in [1.807, 2.05) is 24.3 Å². The van der Waals surface area contributed by atoms with Crippen molar-refractivity contribution in [3.63, 3.8) is 0 Å². The number of halogens is 3. The molecule has 0 heterocycles. The van der Waals surface area contributed by atoms with Gasteiger partial charge in [0.25, 0.3) is 11.6 Å². The van der Waals surface area contributed by atoms with Crippen LogP contribution in [0.4, 0.5) is 11.4 Å². The molecule has 0 aliphatic heterocycles. The van der Waals surface area contributed by atoms with Crippen LogP contribution in [0.5, 0.6) is 11.5 Å². The number of benzene rings is 3. The third-order valence-corrected chi connectivity index (χ3v) is 5.94. The van der Waals surface area contributed by atoms with E-state index in [9.17, 15) is 20.2 Å². The third-order valence-electron chi connectivity index (χ3n) is 4.74. The number of rotatable bonds is 9. The Morgan fingerprint density at radius 3 is 2.61 bits per heavy atom. The number of nitriles is 1. The van der Waals surface area contributed by atoms with Gasteiger partial charge in [-0.05, 0) is 64.8 Å². The van der Waals surface area contributed by atoms with Crippen molar-refractivity contribution in [2.45, 2.75) is 13.5 Å². The van der Waals surface area contributed by atoms with Crippen LogP contribution in [-0.2, 0) is 11.4 Å². The highest BCUT2D eigenvalue weighted by atomic mass is 79.9. The number of carbonyl (C=O) groups excluding carboxylic acids is 1. The van der Waals surface area contributed by atoms with Gasteiger partial charge < -0.3 is 14.8 Å². The zero-order valence-corrected chi connectivity index (χ0v) is 21.9. The minimum Gasteiger partial charge on any atom is -0.490 e. The lowest BCUT2D eigenvalue weighted by atomic mass is 10.1. The highest BCUT2D eigenvalue weighted by Crippen LogP contribution is 2.38. The van der Waals surface area contributed by atoms with Crippen LogP contribution in [0.25, 0.3) is 6.08 Å². The van der Waals surface area contributed by atoms with Crippen molar-refractivity contribution < 1.29 is 19.2 Å². The zero-order valence-electron chi connectivity index (χ0n) is 18.8. The van der Waals surface area contributed by atoms with Gasteiger partial charge in [0.05, 0.1) is 16.0 Å².